The molecule has 206 valence electrons. The predicted molar refractivity (Wildman–Crippen MR) is 152 cm³/mol. The molecule has 0 fully saturated rings. The fraction of sp³-hybridized carbons (Fsp3) is 0.233. The van der Waals surface area contributed by atoms with Crippen molar-refractivity contribution in [3.63, 3.8) is 0 Å². The molecule has 1 aromatic heterocycles. The van der Waals surface area contributed by atoms with Gasteiger partial charge in [0.05, 0.1) is 39.7 Å². The highest BCUT2D eigenvalue weighted by Crippen LogP contribution is 2.44. The van der Waals surface area contributed by atoms with Gasteiger partial charge < -0.3 is 29.6 Å². The Labute approximate surface area is 232 Å². The minimum atomic E-state index is -0.717. The summed E-state index contributed by atoms with van der Waals surface area (Å²) in [7, 11) is 6.24. The fourth-order valence-corrected chi connectivity index (χ4v) is 4.87. The van der Waals surface area contributed by atoms with Crippen LogP contribution in [0.3, 0.4) is 0 Å². The largest absolute Gasteiger partial charge is 0.496 e. The lowest BCUT2D eigenvalue weighted by atomic mass is 9.93. The third-order valence-electron chi connectivity index (χ3n) is 6.87. The Morgan fingerprint density at radius 3 is 2.20 bits per heavy atom. The van der Waals surface area contributed by atoms with Crippen LogP contribution in [0.2, 0.25) is 0 Å². The normalized spacial score (nSPS) is 14.2. The predicted octanol–water partition coefficient (Wildman–Crippen LogP) is 5.22. The van der Waals surface area contributed by atoms with Gasteiger partial charge >= 0.3 is 0 Å². The number of methoxy groups -OCH3 is 4. The van der Waals surface area contributed by atoms with Gasteiger partial charge in [-0.1, -0.05) is 36.4 Å². The topological polar surface area (TPSA) is 109 Å². The summed E-state index contributed by atoms with van der Waals surface area (Å²) in [5, 5.41) is 11.2. The molecule has 1 aliphatic heterocycles. The summed E-state index contributed by atoms with van der Waals surface area (Å²) in [5.74, 6) is 2.71. The lowest BCUT2D eigenvalue weighted by Gasteiger charge is -2.30. The molecule has 0 saturated carbocycles. The van der Waals surface area contributed by atoms with Gasteiger partial charge in [-0.15, -0.1) is 5.10 Å². The Morgan fingerprint density at radius 1 is 0.850 bits per heavy atom. The Morgan fingerprint density at radius 2 is 1.50 bits per heavy atom. The highest BCUT2D eigenvalue weighted by atomic mass is 16.5. The number of aryl methyl sites for hydroxylation is 1. The molecule has 1 unspecified atom stereocenters. The van der Waals surface area contributed by atoms with Crippen molar-refractivity contribution in [2.45, 2.75) is 19.9 Å². The number of nitrogens with one attached hydrogen (secondary N) is 2. The number of carbonyl (C=O) groups is 1. The SMILES string of the molecule is COc1ccccc1NC(=O)C1=C(C)Nc2nc(-c3ccccc3C)nn2C1c1cc(OC)c(OC)cc1OC. The van der Waals surface area contributed by atoms with Crippen molar-refractivity contribution < 1.29 is 23.7 Å². The third kappa shape index (κ3) is 4.68. The molecule has 2 heterocycles. The van der Waals surface area contributed by atoms with E-state index in [2.05, 4.69) is 10.6 Å². The standard InChI is InChI=1S/C30H31N5O5/c1-17-11-7-8-12-19(17)28-33-30-31-18(2)26(29(36)32-21-13-9-10-14-22(21)37-3)27(35(30)34-28)20-15-24(39-5)25(40-6)16-23(20)38-4/h7-16,27H,1-6H3,(H,32,36)(H,31,33,34). The number of carbonyl (C=O) groups excluding carboxylic acids is 1. The van der Waals surface area contributed by atoms with E-state index >= 15 is 0 Å². The second-order valence-electron chi connectivity index (χ2n) is 9.19. The Balaban J connectivity index is 1.70. The van der Waals surface area contributed by atoms with Gasteiger partial charge in [-0.25, -0.2) is 4.68 Å². The molecule has 3 aromatic carbocycles. The number of para-hydroxylation sites is 2. The average Bonchev–Trinajstić information content (AvgIpc) is 3.39. The van der Waals surface area contributed by atoms with E-state index in [1.807, 2.05) is 50.2 Å². The maximum absolute atomic E-state index is 14.0. The van der Waals surface area contributed by atoms with Crippen LogP contribution in [0.5, 0.6) is 23.0 Å². The van der Waals surface area contributed by atoms with Crippen LogP contribution in [-0.2, 0) is 4.79 Å². The summed E-state index contributed by atoms with van der Waals surface area (Å²) in [5.41, 5.74) is 4.15. The third-order valence-corrected chi connectivity index (χ3v) is 6.87. The zero-order valence-corrected chi connectivity index (χ0v) is 23.2. The molecule has 10 heteroatoms. The summed E-state index contributed by atoms with van der Waals surface area (Å²) in [4.78, 5) is 18.8. The molecule has 5 rings (SSSR count). The van der Waals surface area contributed by atoms with Crippen molar-refractivity contribution in [1.82, 2.24) is 14.8 Å². The van der Waals surface area contributed by atoms with Gasteiger partial charge in [0, 0.05) is 22.9 Å². The molecule has 2 N–H and O–H groups in total. The molecule has 0 spiro atoms. The van der Waals surface area contributed by atoms with Gasteiger partial charge in [0.15, 0.2) is 17.3 Å². The van der Waals surface area contributed by atoms with Crippen LogP contribution >= 0.6 is 0 Å². The van der Waals surface area contributed by atoms with Crippen molar-refractivity contribution in [2.24, 2.45) is 0 Å². The first kappa shape index (κ1) is 26.6. The number of rotatable bonds is 8. The lowest BCUT2D eigenvalue weighted by Crippen LogP contribution is -2.32. The van der Waals surface area contributed by atoms with Gasteiger partial charge in [-0.2, -0.15) is 4.98 Å². The van der Waals surface area contributed by atoms with Crippen LogP contribution in [0, 0.1) is 6.92 Å². The van der Waals surface area contributed by atoms with Gasteiger partial charge in [-0.05, 0) is 37.6 Å². The van der Waals surface area contributed by atoms with Gasteiger partial charge in [0.25, 0.3) is 5.91 Å². The molecule has 0 radical (unpaired) electrons. The maximum atomic E-state index is 14.0. The lowest BCUT2D eigenvalue weighted by molar-refractivity contribution is -0.113. The molecule has 40 heavy (non-hydrogen) atoms. The number of hydrogen-bond acceptors (Lipinski definition) is 8. The number of hydrogen-bond donors (Lipinski definition) is 2. The monoisotopic (exact) mass is 541 g/mol. The van der Waals surface area contributed by atoms with E-state index in [-0.39, 0.29) is 5.91 Å². The van der Waals surface area contributed by atoms with E-state index in [1.54, 1.807) is 57.4 Å². The first-order valence-corrected chi connectivity index (χ1v) is 12.6. The minimum absolute atomic E-state index is 0.338. The molecule has 1 atom stereocenters. The molecule has 10 nitrogen and oxygen atoms in total. The van der Waals surface area contributed by atoms with E-state index in [9.17, 15) is 4.79 Å². The van der Waals surface area contributed by atoms with Crippen LogP contribution in [0.15, 0.2) is 71.9 Å². The maximum Gasteiger partial charge on any atom is 0.255 e. The van der Waals surface area contributed by atoms with E-state index in [0.717, 1.165) is 11.1 Å². The first-order chi connectivity index (χ1) is 19.4. The zero-order valence-electron chi connectivity index (χ0n) is 23.2. The van der Waals surface area contributed by atoms with Crippen molar-refractivity contribution in [2.75, 3.05) is 39.1 Å². The molecular formula is C30H31N5O5. The van der Waals surface area contributed by atoms with E-state index < -0.39 is 6.04 Å². The average molecular weight is 542 g/mol. The molecule has 4 aromatic rings. The van der Waals surface area contributed by atoms with Crippen LogP contribution in [0.4, 0.5) is 11.6 Å². The highest BCUT2D eigenvalue weighted by molar-refractivity contribution is 6.06. The number of amides is 1. The molecule has 0 aliphatic carbocycles. The summed E-state index contributed by atoms with van der Waals surface area (Å²) in [6, 6.07) is 18.0. The van der Waals surface area contributed by atoms with Crippen molar-refractivity contribution in [3.05, 3.63) is 83.1 Å². The molecule has 1 aliphatic rings. The summed E-state index contributed by atoms with van der Waals surface area (Å²) in [6.45, 7) is 3.84. The van der Waals surface area contributed by atoms with Crippen LogP contribution in [0.1, 0.15) is 24.1 Å². The van der Waals surface area contributed by atoms with Crippen LogP contribution < -0.4 is 29.6 Å². The number of ether oxygens (including phenoxy) is 4. The fourth-order valence-electron chi connectivity index (χ4n) is 4.87. The molecule has 0 saturated heterocycles. The summed E-state index contributed by atoms with van der Waals surface area (Å²) >= 11 is 0. The summed E-state index contributed by atoms with van der Waals surface area (Å²) in [6.07, 6.45) is 0. The second-order valence-corrected chi connectivity index (χ2v) is 9.19. The van der Waals surface area contributed by atoms with Crippen LogP contribution in [-0.4, -0.2) is 49.1 Å². The molecule has 1 amide bonds. The van der Waals surface area contributed by atoms with Crippen molar-refractivity contribution in [1.29, 1.82) is 0 Å². The van der Waals surface area contributed by atoms with Crippen molar-refractivity contribution >= 4 is 17.5 Å². The second kappa shape index (κ2) is 11.0. The highest BCUT2D eigenvalue weighted by Gasteiger charge is 2.37. The Kier molecular flexibility index (Phi) is 7.33. The smallest absolute Gasteiger partial charge is 0.255 e. The number of nitrogens with zero attached hydrogens (tertiary/aromatic N) is 3. The zero-order chi connectivity index (χ0) is 28.4. The van der Waals surface area contributed by atoms with E-state index in [4.69, 9.17) is 29.0 Å². The summed E-state index contributed by atoms with van der Waals surface area (Å²) < 4.78 is 24.1. The van der Waals surface area contributed by atoms with E-state index in [1.165, 1.54) is 0 Å². The first-order valence-electron chi connectivity index (χ1n) is 12.6. The number of anilines is 2. The number of allylic oxidation sites excluding steroid dienone is 1. The van der Waals surface area contributed by atoms with Crippen LogP contribution in [0.25, 0.3) is 11.4 Å². The number of benzene rings is 3. The number of fused-ring (bicyclic) bond motifs is 1. The van der Waals surface area contributed by atoms with Gasteiger partial charge in [0.2, 0.25) is 5.95 Å². The van der Waals surface area contributed by atoms with Crippen molar-refractivity contribution in [3.8, 4) is 34.4 Å². The molecule has 0 bridgehead atoms. The Bertz CT molecular complexity index is 1610. The Hall–Kier alpha value is -4.99. The van der Waals surface area contributed by atoms with Gasteiger partial charge in [0.1, 0.15) is 17.5 Å². The quantitative estimate of drug-likeness (QED) is 0.313. The van der Waals surface area contributed by atoms with Gasteiger partial charge in [-0.3, -0.25) is 4.79 Å². The minimum Gasteiger partial charge on any atom is -0.496 e. The van der Waals surface area contributed by atoms with E-state index in [0.29, 0.717) is 57.3 Å². The molecular weight excluding hydrogens is 510 g/mol. The number of aromatic nitrogens is 3.